The molecular weight excluding hydrogens is 619 g/mol. The highest BCUT2D eigenvalue weighted by Gasteiger charge is 2.42. The van der Waals surface area contributed by atoms with Gasteiger partial charge in [0.2, 0.25) is 5.91 Å². The number of thioether (sulfide) groups is 1. The maximum absolute atomic E-state index is 13.3. The fourth-order valence-corrected chi connectivity index (χ4v) is 9.14. The van der Waals surface area contributed by atoms with Crippen LogP contribution < -0.4 is 10.2 Å². The zero-order valence-corrected chi connectivity index (χ0v) is 27.7. The van der Waals surface area contributed by atoms with Gasteiger partial charge < -0.3 is 30.2 Å². The van der Waals surface area contributed by atoms with E-state index in [-0.39, 0.29) is 28.2 Å². The molecule has 3 aliphatic rings. The van der Waals surface area contributed by atoms with Gasteiger partial charge in [0.1, 0.15) is 17.3 Å². The summed E-state index contributed by atoms with van der Waals surface area (Å²) in [6.07, 6.45) is 1.93. The second kappa shape index (κ2) is 13.6. The number of aromatic amines is 1. The molecule has 2 atom stereocenters. The molecule has 0 bridgehead atoms. The molecule has 3 aromatic rings. The zero-order valence-electron chi connectivity index (χ0n) is 25.2. The summed E-state index contributed by atoms with van der Waals surface area (Å²) in [5.74, 6) is 1.30. The molecule has 1 aromatic carbocycles. The van der Waals surface area contributed by atoms with E-state index in [4.69, 9.17) is 9.73 Å². The Kier molecular flexibility index (Phi) is 9.81. The molecule has 44 heavy (non-hydrogen) atoms. The number of benzene rings is 1. The number of hydrogen-bond acceptors (Lipinski definition) is 11. The van der Waals surface area contributed by atoms with Gasteiger partial charge in [0.05, 0.1) is 28.1 Å². The molecule has 0 aliphatic carbocycles. The van der Waals surface area contributed by atoms with E-state index in [2.05, 4.69) is 40.5 Å². The van der Waals surface area contributed by atoms with Gasteiger partial charge in [0.15, 0.2) is 0 Å². The second-order valence-electron chi connectivity index (χ2n) is 12.3. The van der Waals surface area contributed by atoms with E-state index in [1.54, 1.807) is 29.2 Å². The summed E-state index contributed by atoms with van der Waals surface area (Å²) < 4.78 is 6.92. The van der Waals surface area contributed by atoms with E-state index in [0.717, 1.165) is 67.6 Å². The van der Waals surface area contributed by atoms with Gasteiger partial charge in [-0.05, 0) is 42.3 Å². The number of carbonyl (C=O) groups is 1. The number of fused-ring (bicyclic) bond motifs is 1. The number of rotatable bonds is 10. The second-order valence-corrected chi connectivity index (χ2v) is 15.3. The number of thiazole rings is 1. The van der Waals surface area contributed by atoms with Crippen molar-refractivity contribution in [2.24, 2.45) is 10.9 Å². The van der Waals surface area contributed by atoms with Crippen LogP contribution in [-0.2, 0) is 22.5 Å². The van der Waals surface area contributed by atoms with E-state index in [1.165, 1.54) is 16.5 Å². The molecule has 2 aromatic heterocycles. The molecule has 3 aliphatic heterocycles. The first-order valence-corrected chi connectivity index (χ1v) is 18.0. The number of nitrogens with zero attached hydrogens (tertiary/aromatic N) is 3. The third kappa shape index (κ3) is 7.09. The van der Waals surface area contributed by atoms with Gasteiger partial charge in [-0.1, -0.05) is 31.3 Å². The number of amides is 1. The number of phenols is 1. The van der Waals surface area contributed by atoms with Gasteiger partial charge in [-0.15, -0.1) is 23.1 Å². The summed E-state index contributed by atoms with van der Waals surface area (Å²) in [6.45, 7) is 10.1. The first kappa shape index (κ1) is 31.7. The lowest BCUT2D eigenvalue weighted by atomic mass is 9.89. The number of H-pyrrole nitrogens is 1. The number of aliphatic hydroxyl groups is 1. The SMILES string of the molecule is CC(C)C1=NC(C(=O)N2CCOC3(CCN(Cc4csc(CCNC[C@H](O)c5ccc(O)c6[nH]c(=O)sc56)c4)CC3)C2)CS1. The van der Waals surface area contributed by atoms with Crippen molar-refractivity contribution in [2.45, 2.75) is 57.4 Å². The standard InChI is InChI=1S/C31H41N5O5S3/c1-19(2)28-33-23(17-43-28)29(39)36-11-12-41-31(18-36)6-9-35(10-7-31)15-20-13-21(42-16-20)5-8-32-14-25(38)22-3-4-24(37)26-27(22)44-30(40)34-26/h3-4,13,16,19,23,25,32,37-38H,5-12,14-15,17-18H2,1-2H3,(H,34,40)/t23?,25-/m0/s1. The van der Waals surface area contributed by atoms with E-state index < -0.39 is 6.10 Å². The Labute approximate surface area is 269 Å². The highest BCUT2D eigenvalue weighted by atomic mass is 32.2. The number of hydrogen-bond donors (Lipinski definition) is 4. The van der Waals surface area contributed by atoms with E-state index in [0.29, 0.717) is 47.9 Å². The Bertz CT molecular complexity index is 1560. The molecule has 13 heteroatoms. The minimum absolute atomic E-state index is 0.00919. The smallest absolute Gasteiger partial charge is 0.305 e. The summed E-state index contributed by atoms with van der Waals surface area (Å²) in [6, 6.07) is 5.20. The summed E-state index contributed by atoms with van der Waals surface area (Å²) in [7, 11) is 0. The Morgan fingerprint density at radius 3 is 2.86 bits per heavy atom. The monoisotopic (exact) mass is 659 g/mol. The maximum atomic E-state index is 13.3. The van der Waals surface area contributed by atoms with Crippen LogP contribution in [0.15, 0.2) is 33.4 Å². The van der Waals surface area contributed by atoms with Crippen molar-refractivity contribution < 1.29 is 19.7 Å². The molecular formula is C31H41N5O5S3. The van der Waals surface area contributed by atoms with Crippen molar-refractivity contribution in [1.29, 1.82) is 0 Å². The summed E-state index contributed by atoms with van der Waals surface area (Å²) in [5, 5.41) is 27.4. The molecule has 238 valence electrons. The summed E-state index contributed by atoms with van der Waals surface area (Å²) in [4.78, 5) is 37.9. The van der Waals surface area contributed by atoms with Crippen LogP contribution in [0, 0.1) is 5.92 Å². The van der Waals surface area contributed by atoms with Crippen LogP contribution in [-0.4, -0.2) is 99.2 Å². The Hall–Kier alpha value is -2.26. The lowest BCUT2D eigenvalue weighted by Crippen LogP contribution is -2.59. The van der Waals surface area contributed by atoms with Crippen molar-refractivity contribution >= 4 is 55.6 Å². The average molecular weight is 660 g/mol. The maximum Gasteiger partial charge on any atom is 0.305 e. The first-order chi connectivity index (χ1) is 21.2. The predicted molar refractivity (Wildman–Crippen MR) is 178 cm³/mol. The number of carbonyl (C=O) groups excluding carboxylic acids is 1. The molecule has 1 unspecified atom stereocenters. The lowest BCUT2D eigenvalue weighted by Gasteiger charge is -2.47. The molecule has 2 fully saturated rings. The summed E-state index contributed by atoms with van der Waals surface area (Å²) >= 11 is 4.48. The number of aromatic nitrogens is 1. The van der Waals surface area contributed by atoms with Crippen molar-refractivity contribution in [1.82, 2.24) is 20.1 Å². The Balaban J connectivity index is 0.938. The molecule has 10 nitrogen and oxygen atoms in total. The van der Waals surface area contributed by atoms with E-state index >= 15 is 0 Å². The minimum atomic E-state index is -0.780. The van der Waals surface area contributed by atoms with Crippen molar-refractivity contribution in [3.8, 4) is 5.75 Å². The minimum Gasteiger partial charge on any atom is -0.506 e. The molecule has 6 rings (SSSR count). The van der Waals surface area contributed by atoms with Crippen molar-refractivity contribution in [3.05, 3.63) is 49.3 Å². The fourth-order valence-electron chi connectivity index (χ4n) is 6.26. The van der Waals surface area contributed by atoms with Crippen LogP contribution in [0.3, 0.4) is 0 Å². The van der Waals surface area contributed by atoms with Gasteiger partial charge in [0.25, 0.3) is 0 Å². The molecule has 1 amide bonds. The quantitative estimate of drug-likeness (QED) is 0.243. The number of piperidine rings is 1. The third-order valence-electron chi connectivity index (χ3n) is 8.73. The van der Waals surface area contributed by atoms with Crippen LogP contribution in [0.4, 0.5) is 0 Å². The number of ether oxygens (including phenoxy) is 1. The van der Waals surface area contributed by atoms with Crippen molar-refractivity contribution in [3.63, 3.8) is 0 Å². The predicted octanol–water partition coefficient (Wildman–Crippen LogP) is 3.59. The van der Waals surface area contributed by atoms with Crippen LogP contribution in [0.5, 0.6) is 5.75 Å². The topological polar surface area (TPSA) is 130 Å². The molecule has 4 N–H and O–H groups in total. The van der Waals surface area contributed by atoms with Gasteiger partial charge in [0, 0.05) is 67.9 Å². The number of aliphatic hydroxyl groups excluding tert-OH is 1. The van der Waals surface area contributed by atoms with E-state index in [1.807, 2.05) is 4.90 Å². The number of aliphatic imine (C=N–C) groups is 1. The highest BCUT2D eigenvalue weighted by molar-refractivity contribution is 8.14. The van der Waals surface area contributed by atoms with Gasteiger partial charge >= 0.3 is 4.87 Å². The number of likely N-dealkylation sites (tertiary alicyclic amines) is 1. The van der Waals surface area contributed by atoms with Crippen molar-refractivity contribution in [2.75, 3.05) is 51.6 Å². The van der Waals surface area contributed by atoms with Gasteiger partial charge in [-0.2, -0.15) is 0 Å². The van der Waals surface area contributed by atoms with E-state index in [9.17, 15) is 19.8 Å². The molecule has 5 heterocycles. The highest BCUT2D eigenvalue weighted by Crippen LogP contribution is 2.33. The first-order valence-electron chi connectivity index (χ1n) is 15.3. The molecule has 0 saturated carbocycles. The molecule has 2 saturated heterocycles. The van der Waals surface area contributed by atoms with Crippen LogP contribution in [0.25, 0.3) is 10.2 Å². The largest absolute Gasteiger partial charge is 0.506 e. The number of phenolic OH excluding ortho intramolecular Hbond substituents is 1. The normalized spacial score (nSPS) is 21.4. The number of aromatic hydroxyl groups is 1. The average Bonchev–Trinajstić information content (AvgIpc) is 3.77. The van der Waals surface area contributed by atoms with Crippen LogP contribution >= 0.6 is 34.4 Å². The fraction of sp³-hybridized carbons (Fsp3) is 0.581. The van der Waals surface area contributed by atoms with Crippen LogP contribution in [0.2, 0.25) is 0 Å². The zero-order chi connectivity index (χ0) is 30.8. The number of morpholine rings is 1. The Morgan fingerprint density at radius 2 is 2.09 bits per heavy atom. The lowest BCUT2D eigenvalue weighted by molar-refractivity contribution is -0.160. The van der Waals surface area contributed by atoms with Gasteiger partial charge in [-0.25, -0.2) is 0 Å². The molecule has 0 radical (unpaired) electrons. The number of thiophene rings is 1. The van der Waals surface area contributed by atoms with Crippen LogP contribution in [0.1, 0.15) is 48.8 Å². The third-order valence-corrected chi connectivity index (χ3v) is 12.1. The van der Waals surface area contributed by atoms with Gasteiger partial charge in [-0.3, -0.25) is 19.5 Å². The molecule has 1 spiro atoms. The summed E-state index contributed by atoms with van der Waals surface area (Å²) in [5.41, 5.74) is 2.08. The number of nitrogens with one attached hydrogen (secondary N) is 2. The Morgan fingerprint density at radius 1 is 1.27 bits per heavy atom.